The Morgan fingerprint density at radius 3 is 2.36 bits per heavy atom. The number of aromatic nitrogens is 2. The Kier molecular flexibility index (Phi) is 4.55. The summed E-state index contributed by atoms with van der Waals surface area (Å²) in [5.41, 5.74) is 0.123. The maximum Gasteiger partial charge on any atom is 0.416 e. The lowest BCUT2D eigenvalue weighted by Gasteiger charge is -2.33. The second-order valence-corrected chi connectivity index (χ2v) is 7.68. The highest BCUT2D eigenvalue weighted by Gasteiger charge is 2.45. The van der Waals surface area contributed by atoms with Crippen LogP contribution in [0.5, 0.6) is 0 Å². The van der Waals surface area contributed by atoms with Gasteiger partial charge in [0.25, 0.3) is 0 Å². The van der Waals surface area contributed by atoms with Crippen LogP contribution in [-0.2, 0) is 11.0 Å². The van der Waals surface area contributed by atoms with E-state index in [0.717, 1.165) is 38.1 Å². The number of benzene rings is 1. The molecule has 2 aromatic rings. The molecular formula is C19H21F3N4O2. The van der Waals surface area contributed by atoms with Crippen LogP contribution in [0.25, 0.3) is 11.5 Å². The first-order valence-electron chi connectivity index (χ1n) is 9.32. The molecule has 6 nitrogen and oxygen atoms in total. The Labute approximate surface area is 160 Å². The monoisotopic (exact) mass is 394 g/mol. The van der Waals surface area contributed by atoms with Crippen molar-refractivity contribution in [3.05, 3.63) is 29.8 Å². The van der Waals surface area contributed by atoms with Gasteiger partial charge >= 0.3 is 12.2 Å². The van der Waals surface area contributed by atoms with Crippen LogP contribution in [0, 0.1) is 5.41 Å². The number of likely N-dealkylation sites (tertiary alicyclic amines) is 1. The second kappa shape index (κ2) is 6.79. The lowest BCUT2D eigenvalue weighted by Crippen LogP contribution is -2.45. The number of anilines is 1. The van der Waals surface area contributed by atoms with E-state index in [1.807, 2.05) is 4.90 Å². The van der Waals surface area contributed by atoms with Crippen LogP contribution in [0.2, 0.25) is 0 Å². The summed E-state index contributed by atoms with van der Waals surface area (Å²) < 4.78 is 43.4. The summed E-state index contributed by atoms with van der Waals surface area (Å²) in [4.78, 5) is 14.5. The van der Waals surface area contributed by atoms with Gasteiger partial charge in [-0.3, -0.25) is 4.79 Å². The normalized spacial score (nSPS) is 19.5. The fraction of sp³-hybridized carbons (Fsp3) is 0.526. The highest BCUT2D eigenvalue weighted by atomic mass is 19.4. The predicted octanol–water partition coefficient (Wildman–Crippen LogP) is 3.96. The van der Waals surface area contributed by atoms with Gasteiger partial charge in [-0.1, -0.05) is 5.10 Å². The summed E-state index contributed by atoms with van der Waals surface area (Å²) >= 11 is 0. The van der Waals surface area contributed by atoms with Gasteiger partial charge in [-0.05, 0) is 62.3 Å². The summed E-state index contributed by atoms with van der Waals surface area (Å²) in [5.74, 6) is 0.0642. The lowest BCUT2D eigenvalue weighted by molar-refractivity contribution is -0.137. The zero-order chi connectivity index (χ0) is 19.9. The number of piperidine rings is 1. The van der Waals surface area contributed by atoms with E-state index >= 15 is 0 Å². The van der Waals surface area contributed by atoms with E-state index in [4.69, 9.17) is 4.42 Å². The smallest absolute Gasteiger partial charge is 0.403 e. The average molecular weight is 394 g/mol. The number of carbonyl (C=O) groups is 1. The van der Waals surface area contributed by atoms with Crippen molar-refractivity contribution in [2.75, 3.05) is 18.4 Å². The molecule has 1 spiro atoms. The topological polar surface area (TPSA) is 71.3 Å². The molecule has 2 heterocycles. The minimum atomic E-state index is -4.40. The molecule has 1 saturated heterocycles. The zero-order valence-corrected chi connectivity index (χ0v) is 15.4. The third-order valence-electron chi connectivity index (χ3n) is 5.69. The Bertz CT molecular complexity index is 849. The maximum absolute atomic E-state index is 12.6. The van der Waals surface area contributed by atoms with Gasteiger partial charge in [0.1, 0.15) is 6.04 Å². The first-order valence-corrected chi connectivity index (χ1v) is 9.32. The molecule has 9 heteroatoms. The van der Waals surface area contributed by atoms with Gasteiger partial charge in [0.2, 0.25) is 11.8 Å². The molecule has 150 valence electrons. The van der Waals surface area contributed by atoms with E-state index < -0.39 is 17.8 Å². The van der Waals surface area contributed by atoms with Crippen LogP contribution >= 0.6 is 0 Å². The summed E-state index contributed by atoms with van der Waals surface area (Å²) in [6, 6.07) is 4.00. The molecule has 1 unspecified atom stereocenters. The van der Waals surface area contributed by atoms with Crippen LogP contribution in [0.4, 0.5) is 19.2 Å². The molecule has 0 radical (unpaired) electrons. The minimum Gasteiger partial charge on any atom is -0.403 e. The molecule has 28 heavy (non-hydrogen) atoms. The van der Waals surface area contributed by atoms with Gasteiger partial charge in [-0.2, -0.15) is 13.2 Å². The Balaban J connectivity index is 1.37. The molecule has 1 aliphatic carbocycles. The summed E-state index contributed by atoms with van der Waals surface area (Å²) in [7, 11) is 0. The second-order valence-electron chi connectivity index (χ2n) is 7.68. The van der Waals surface area contributed by atoms with Crippen molar-refractivity contribution in [2.24, 2.45) is 5.41 Å². The van der Waals surface area contributed by atoms with Gasteiger partial charge in [0, 0.05) is 18.7 Å². The molecule has 1 aromatic heterocycles. The van der Waals surface area contributed by atoms with E-state index in [-0.39, 0.29) is 17.8 Å². The number of hydrogen-bond donors (Lipinski definition) is 1. The molecule has 2 aliphatic rings. The lowest BCUT2D eigenvalue weighted by atomic mass is 9.93. The molecule has 2 fully saturated rings. The largest absolute Gasteiger partial charge is 0.416 e. The third kappa shape index (κ3) is 3.83. The molecule has 1 amide bonds. The van der Waals surface area contributed by atoms with E-state index in [1.165, 1.54) is 25.0 Å². The molecule has 0 bridgehead atoms. The van der Waals surface area contributed by atoms with Crippen LogP contribution < -0.4 is 5.32 Å². The van der Waals surface area contributed by atoms with E-state index in [1.54, 1.807) is 6.92 Å². The van der Waals surface area contributed by atoms with Crippen molar-refractivity contribution in [3.63, 3.8) is 0 Å². The predicted molar refractivity (Wildman–Crippen MR) is 95.3 cm³/mol. The van der Waals surface area contributed by atoms with Gasteiger partial charge < -0.3 is 14.6 Å². The van der Waals surface area contributed by atoms with Gasteiger partial charge in [0.15, 0.2) is 0 Å². The number of rotatable bonds is 4. The van der Waals surface area contributed by atoms with E-state index in [9.17, 15) is 18.0 Å². The van der Waals surface area contributed by atoms with Gasteiger partial charge in [-0.15, -0.1) is 5.10 Å². The molecule has 1 saturated carbocycles. The van der Waals surface area contributed by atoms with Crippen molar-refractivity contribution >= 4 is 11.9 Å². The maximum atomic E-state index is 12.6. The summed E-state index contributed by atoms with van der Waals surface area (Å²) in [5, 5.41) is 10.6. The Morgan fingerprint density at radius 1 is 1.14 bits per heavy atom. The molecule has 1 aliphatic heterocycles. The Morgan fingerprint density at radius 2 is 1.79 bits per heavy atom. The van der Waals surface area contributed by atoms with Crippen LogP contribution in [-0.4, -0.2) is 40.1 Å². The van der Waals surface area contributed by atoms with E-state index in [0.29, 0.717) is 11.0 Å². The number of alkyl halides is 3. The number of hydrogen-bond acceptors (Lipinski definition) is 5. The van der Waals surface area contributed by atoms with Crippen LogP contribution in [0.3, 0.4) is 0 Å². The van der Waals surface area contributed by atoms with Crippen molar-refractivity contribution in [1.82, 2.24) is 15.1 Å². The zero-order valence-electron chi connectivity index (χ0n) is 15.4. The number of halogens is 3. The van der Waals surface area contributed by atoms with Gasteiger partial charge in [0.05, 0.1) is 5.56 Å². The molecular weight excluding hydrogens is 373 g/mol. The minimum absolute atomic E-state index is 0.0234. The number of carbonyl (C=O) groups excluding carboxylic acids is 1. The number of nitrogens with zero attached hydrogens (tertiary/aromatic N) is 3. The standard InChI is InChI=1S/C19H21F3N4O2/c1-12(16(27)26-10-8-18(6-7-18)9-11-26)23-17-25-24-15(28-17)13-2-4-14(5-3-13)19(20,21)22/h2-5,12H,6-11H2,1H3,(H,23,25). The molecule has 1 N–H and O–H groups in total. The molecule has 1 atom stereocenters. The van der Waals surface area contributed by atoms with Crippen molar-refractivity contribution in [2.45, 2.75) is 44.8 Å². The van der Waals surface area contributed by atoms with Crippen molar-refractivity contribution in [3.8, 4) is 11.5 Å². The van der Waals surface area contributed by atoms with Crippen molar-refractivity contribution in [1.29, 1.82) is 0 Å². The van der Waals surface area contributed by atoms with Crippen LogP contribution in [0.1, 0.15) is 38.2 Å². The summed E-state index contributed by atoms with van der Waals surface area (Å²) in [6.45, 7) is 3.27. The number of nitrogens with one attached hydrogen (secondary N) is 1. The van der Waals surface area contributed by atoms with Crippen molar-refractivity contribution < 1.29 is 22.4 Å². The third-order valence-corrected chi connectivity index (χ3v) is 5.69. The first kappa shape index (κ1) is 18.8. The fourth-order valence-corrected chi connectivity index (χ4v) is 3.60. The highest BCUT2D eigenvalue weighted by Crippen LogP contribution is 2.53. The Hall–Kier alpha value is -2.58. The highest BCUT2D eigenvalue weighted by molar-refractivity contribution is 5.83. The van der Waals surface area contributed by atoms with Gasteiger partial charge in [-0.25, -0.2) is 0 Å². The van der Waals surface area contributed by atoms with E-state index in [2.05, 4.69) is 15.5 Å². The SMILES string of the molecule is CC(Nc1nnc(-c2ccc(C(F)(F)F)cc2)o1)C(=O)N1CCC2(CC1)CC2. The number of amides is 1. The summed E-state index contributed by atoms with van der Waals surface area (Å²) in [6.07, 6.45) is 0.271. The fourth-order valence-electron chi connectivity index (χ4n) is 3.60. The first-order chi connectivity index (χ1) is 13.3. The average Bonchev–Trinajstić information content (AvgIpc) is 3.25. The quantitative estimate of drug-likeness (QED) is 0.850. The van der Waals surface area contributed by atoms with Crippen LogP contribution in [0.15, 0.2) is 28.7 Å². The molecule has 4 rings (SSSR count). The molecule has 1 aromatic carbocycles.